The minimum absolute atomic E-state index is 0. The molecule has 0 aliphatic rings. The number of hydrogen-bond acceptors (Lipinski definition) is 4. The summed E-state index contributed by atoms with van der Waals surface area (Å²) in [5, 5.41) is 2.38. The number of amides is 1. The van der Waals surface area contributed by atoms with Crippen molar-refractivity contribution in [3.63, 3.8) is 0 Å². The Morgan fingerprint density at radius 2 is 1.85 bits per heavy atom. The third-order valence-electron chi connectivity index (χ3n) is 2.20. The summed E-state index contributed by atoms with van der Waals surface area (Å²) in [5.41, 5.74) is -0.285. The SMILES string of the molecule is CC(C)(CS(=O)(=O)O)NC(=O)OCc1ccccc1.[NaH]. The van der Waals surface area contributed by atoms with Gasteiger partial charge in [-0.2, -0.15) is 8.42 Å². The number of carbonyl (C=O) groups excluding carboxylic acids is 1. The number of benzene rings is 1. The van der Waals surface area contributed by atoms with Crippen LogP contribution in [-0.2, 0) is 21.5 Å². The van der Waals surface area contributed by atoms with E-state index in [0.29, 0.717) is 0 Å². The maximum absolute atomic E-state index is 11.5. The van der Waals surface area contributed by atoms with E-state index >= 15 is 0 Å². The molecule has 1 rings (SSSR count). The third kappa shape index (κ3) is 8.55. The molecule has 108 valence electrons. The minimum atomic E-state index is -4.16. The predicted octanol–water partition coefficient (Wildman–Crippen LogP) is 0.931. The van der Waals surface area contributed by atoms with Crippen LogP contribution in [-0.4, -0.2) is 59.9 Å². The van der Waals surface area contributed by atoms with Crippen LogP contribution >= 0.6 is 0 Å². The molecule has 0 atom stereocenters. The van der Waals surface area contributed by atoms with Crippen LogP contribution in [0, 0.1) is 0 Å². The van der Waals surface area contributed by atoms with Gasteiger partial charge in [-0.25, -0.2) is 4.79 Å². The molecule has 1 amide bonds. The zero-order chi connectivity index (χ0) is 14.5. The van der Waals surface area contributed by atoms with Gasteiger partial charge < -0.3 is 10.1 Å². The Kier molecular flexibility index (Phi) is 7.75. The van der Waals surface area contributed by atoms with Gasteiger partial charge in [-0.15, -0.1) is 0 Å². The van der Waals surface area contributed by atoms with Crippen LogP contribution in [0.4, 0.5) is 4.79 Å². The standard InChI is InChI=1S/C12H17NO5S.Na.H/c1-12(2,9-19(15,16)17)13-11(14)18-8-10-6-4-3-5-7-10;;/h3-7H,8-9H2,1-2H3,(H,13,14)(H,15,16,17);;. The van der Waals surface area contributed by atoms with E-state index in [0.717, 1.165) is 5.56 Å². The van der Waals surface area contributed by atoms with Gasteiger partial charge in [0.2, 0.25) is 0 Å². The monoisotopic (exact) mass is 311 g/mol. The molecule has 2 N–H and O–H groups in total. The molecule has 0 aliphatic carbocycles. The first-order valence-electron chi connectivity index (χ1n) is 5.62. The van der Waals surface area contributed by atoms with Crippen LogP contribution in [0.5, 0.6) is 0 Å². The van der Waals surface area contributed by atoms with Gasteiger partial charge in [-0.05, 0) is 19.4 Å². The molecule has 0 spiro atoms. The van der Waals surface area contributed by atoms with Crippen molar-refractivity contribution < 1.29 is 22.5 Å². The van der Waals surface area contributed by atoms with Crippen LogP contribution in [0.25, 0.3) is 0 Å². The van der Waals surface area contributed by atoms with Gasteiger partial charge in [0, 0.05) is 0 Å². The Hall–Kier alpha value is -0.600. The third-order valence-corrected chi connectivity index (χ3v) is 3.28. The molecule has 0 radical (unpaired) electrons. The molecule has 0 bridgehead atoms. The van der Waals surface area contributed by atoms with E-state index in [1.54, 1.807) is 12.1 Å². The van der Waals surface area contributed by atoms with Crippen molar-refractivity contribution in [3.05, 3.63) is 35.9 Å². The van der Waals surface area contributed by atoms with Crippen molar-refractivity contribution in [1.82, 2.24) is 5.32 Å². The summed E-state index contributed by atoms with van der Waals surface area (Å²) in [4.78, 5) is 11.5. The van der Waals surface area contributed by atoms with Crippen molar-refractivity contribution in [2.75, 3.05) is 5.75 Å². The van der Waals surface area contributed by atoms with E-state index in [2.05, 4.69) is 5.32 Å². The first-order valence-corrected chi connectivity index (χ1v) is 7.23. The summed E-state index contributed by atoms with van der Waals surface area (Å²) in [5.74, 6) is -0.583. The second-order valence-corrected chi connectivity index (χ2v) is 6.25. The van der Waals surface area contributed by atoms with Gasteiger partial charge in [0.25, 0.3) is 10.1 Å². The Labute approximate surface area is 140 Å². The first-order chi connectivity index (χ1) is 8.68. The fraction of sp³-hybridized carbons (Fsp3) is 0.417. The van der Waals surface area contributed by atoms with Crippen molar-refractivity contribution >= 4 is 45.8 Å². The summed E-state index contributed by atoms with van der Waals surface area (Å²) in [6.07, 6.45) is -0.738. The Morgan fingerprint density at radius 3 is 2.35 bits per heavy atom. The van der Waals surface area contributed by atoms with E-state index in [9.17, 15) is 13.2 Å². The topological polar surface area (TPSA) is 92.7 Å². The van der Waals surface area contributed by atoms with E-state index in [-0.39, 0.29) is 36.2 Å². The van der Waals surface area contributed by atoms with Crippen LogP contribution in [0.3, 0.4) is 0 Å². The summed E-state index contributed by atoms with van der Waals surface area (Å²) in [7, 11) is -4.16. The maximum atomic E-state index is 11.5. The van der Waals surface area contributed by atoms with Crippen molar-refractivity contribution in [1.29, 1.82) is 0 Å². The molecule has 1 aromatic rings. The van der Waals surface area contributed by atoms with Crippen molar-refractivity contribution in [2.45, 2.75) is 26.0 Å². The second-order valence-electron chi connectivity index (χ2n) is 4.80. The first kappa shape index (κ1) is 19.4. The summed E-state index contributed by atoms with van der Waals surface area (Å²) in [6, 6.07) is 9.09. The zero-order valence-electron chi connectivity index (χ0n) is 10.8. The molecule has 0 fully saturated rings. The van der Waals surface area contributed by atoms with Gasteiger partial charge in [-0.3, -0.25) is 4.55 Å². The molecular weight excluding hydrogens is 293 g/mol. The number of hydrogen-bond donors (Lipinski definition) is 2. The molecule has 0 saturated heterocycles. The molecule has 0 heterocycles. The molecule has 0 aliphatic heterocycles. The molecule has 20 heavy (non-hydrogen) atoms. The van der Waals surface area contributed by atoms with Crippen LogP contribution in [0.1, 0.15) is 19.4 Å². The van der Waals surface area contributed by atoms with E-state index in [4.69, 9.17) is 9.29 Å². The quantitative estimate of drug-likeness (QED) is 0.623. The molecule has 0 unspecified atom stereocenters. The molecule has 0 saturated carbocycles. The van der Waals surface area contributed by atoms with Crippen LogP contribution in [0.2, 0.25) is 0 Å². The van der Waals surface area contributed by atoms with Crippen molar-refractivity contribution in [2.24, 2.45) is 0 Å². The second kappa shape index (κ2) is 7.99. The number of carbonyl (C=O) groups is 1. The fourth-order valence-corrected chi connectivity index (χ4v) is 2.51. The number of ether oxygens (including phenoxy) is 1. The van der Waals surface area contributed by atoms with Crippen molar-refractivity contribution in [3.8, 4) is 0 Å². The molecule has 1 aromatic carbocycles. The zero-order valence-corrected chi connectivity index (χ0v) is 11.6. The van der Waals surface area contributed by atoms with Crippen LogP contribution in [0.15, 0.2) is 30.3 Å². The Morgan fingerprint density at radius 1 is 1.30 bits per heavy atom. The van der Waals surface area contributed by atoms with Crippen LogP contribution < -0.4 is 5.32 Å². The van der Waals surface area contributed by atoms with Gasteiger partial charge in [0.15, 0.2) is 0 Å². The van der Waals surface area contributed by atoms with Gasteiger partial charge in [-0.1, -0.05) is 30.3 Å². The normalized spacial score (nSPS) is 11.3. The van der Waals surface area contributed by atoms with Gasteiger partial charge in [0.1, 0.15) is 6.61 Å². The van der Waals surface area contributed by atoms with E-state index < -0.39 is 27.5 Å². The Balaban J connectivity index is 0.00000361. The summed E-state index contributed by atoms with van der Waals surface area (Å²) in [6.45, 7) is 3.05. The fourth-order valence-electron chi connectivity index (χ4n) is 1.53. The summed E-state index contributed by atoms with van der Waals surface area (Å²) >= 11 is 0. The number of alkyl carbamates (subject to hydrolysis) is 1. The predicted molar refractivity (Wildman–Crippen MR) is 77.4 cm³/mol. The average Bonchev–Trinajstić information content (AvgIpc) is 2.23. The molecule has 6 nitrogen and oxygen atoms in total. The molecule has 0 aromatic heterocycles. The molecular formula is C12H18NNaO5S. The van der Waals surface area contributed by atoms with E-state index in [1.807, 2.05) is 18.2 Å². The van der Waals surface area contributed by atoms with Gasteiger partial charge in [0.05, 0.1) is 11.3 Å². The molecule has 8 heteroatoms. The Bertz CT molecular complexity index is 530. The number of rotatable bonds is 5. The number of nitrogens with one attached hydrogen (secondary N) is 1. The van der Waals surface area contributed by atoms with Gasteiger partial charge >= 0.3 is 35.7 Å². The average molecular weight is 311 g/mol. The summed E-state index contributed by atoms with van der Waals surface area (Å²) < 4.78 is 35.2. The van der Waals surface area contributed by atoms with E-state index in [1.165, 1.54) is 13.8 Å².